The van der Waals surface area contributed by atoms with E-state index in [0.29, 0.717) is 23.9 Å². The maximum absolute atomic E-state index is 13.7. The fourth-order valence-corrected chi connectivity index (χ4v) is 12.5. The van der Waals surface area contributed by atoms with Crippen molar-refractivity contribution in [1.29, 1.82) is 0 Å². The van der Waals surface area contributed by atoms with Crippen molar-refractivity contribution in [2.24, 2.45) is 0 Å². The molecule has 10 heteroatoms. The van der Waals surface area contributed by atoms with Gasteiger partial charge in [0.15, 0.2) is 0 Å². The lowest BCUT2D eigenvalue weighted by Crippen LogP contribution is -2.47. The molecule has 0 saturated carbocycles. The summed E-state index contributed by atoms with van der Waals surface area (Å²) in [6.07, 6.45) is 88.5. The summed E-state index contributed by atoms with van der Waals surface area (Å²) in [7, 11) is 1.52. The number of likely N-dealkylation sites (N-methyl/N-ethyl adjacent to an activating group) is 1. The monoisotopic (exact) mass is 1270 g/mol. The van der Waals surface area contributed by atoms with Gasteiger partial charge in [-0.25, -0.2) is 4.57 Å². The van der Waals surface area contributed by atoms with E-state index in [-0.39, 0.29) is 25.1 Å². The number of amides is 1. The summed E-state index contributed by atoms with van der Waals surface area (Å²) in [5.41, 5.74) is 0. The molecule has 0 saturated heterocycles. The van der Waals surface area contributed by atoms with Gasteiger partial charge in [-0.3, -0.25) is 18.6 Å². The van der Waals surface area contributed by atoms with E-state index in [9.17, 15) is 19.0 Å². The number of rotatable bonds is 72. The Bertz CT molecular complexity index is 1660. The van der Waals surface area contributed by atoms with Crippen molar-refractivity contribution in [3.8, 4) is 0 Å². The van der Waals surface area contributed by atoms with E-state index in [1.54, 1.807) is 0 Å². The molecular formula is C79H152N2O7P+. The molecule has 89 heavy (non-hydrogen) atoms. The van der Waals surface area contributed by atoms with Gasteiger partial charge >= 0.3 is 13.8 Å². The molecule has 0 aromatic heterocycles. The van der Waals surface area contributed by atoms with Crippen LogP contribution < -0.4 is 5.32 Å². The van der Waals surface area contributed by atoms with Crippen molar-refractivity contribution < 1.29 is 37.3 Å². The Morgan fingerprint density at radius 1 is 0.393 bits per heavy atom. The second kappa shape index (κ2) is 68.8. The minimum Gasteiger partial charge on any atom is -0.456 e. The molecule has 0 bridgehead atoms. The lowest BCUT2D eigenvalue weighted by atomic mass is 10.0. The Kier molecular flexibility index (Phi) is 67.2. The first-order valence-electron chi connectivity index (χ1n) is 39.0. The third kappa shape index (κ3) is 70.1. The highest BCUT2D eigenvalue weighted by atomic mass is 31.2. The molecule has 1 amide bonds. The minimum atomic E-state index is -4.46. The van der Waals surface area contributed by atoms with Crippen molar-refractivity contribution in [2.45, 2.75) is 405 Å². The van der Waals surface area contributed by atoms with Crippen LogP contribution in [0.1, 0.15) is 393 Å². The molecule has 0 fully saturated rings. The van der Waals surface area contributed by atoms with Crippen molar-refractivity contribution in [3.63, 3.8) is 0 Å². The third-order valence-corrected chi connectivity index (χ3v) is 18.8. The molecule has 9 nitrogen and oxygen atoms in total. The Hall–Kier alpha value is -2.03. The number of nitrogens with zero attached hydrogens (tertiary/aromatic N) is 1. The van der Waals surface area contributed by atoms with E-state index in [0.717, 1.165) is 70.6 Å². The minimum absolute atomic E-state index is 0.0429. The quantitative estimate of drug-likeness (QED) is 0.0205. The molecule has 0 aliphatic heterocycles. The number of unbranched alkanes of at least 4 members (excludes halogenated alkanes) is 50. The normalized spacial score (nSPS) is 13.7. The first-order chi connectivity index (χ1) is 43.4. The van der Waals surface area contributed by atoms with Gasteiger partial charge in [-0.15, -0.1) is 0 Å². The van der Waals surface area contributed by atoms with Gasteiger partial charge in [0.25, 0.3) is 0 Å². The highest BCUT2D eigenvalue weighted by Crippen LogP contribution is 2.43. The number of quaternary nitrogens is 1. The van der Waals surface area contributed by atoms with Crippen LogP contribution in [-0.2, 0) is 27.9 Å². The molecule has 0 aliphatic rings. The first kappa shape index (κ1) is 87.0. The van der Waals surface area contributed by atoms with E-state index < -0.39 is 20.0 Å². The molecule has 3 atom stereocenters. The largest absolute Gasteiger partial charge is 0.472 e. The number of phosphoric acid groups is 1. The number of phosphoric ester groups is 1. The van der Waals surface area contributed by atoms with E-state index in [2.05, 4.69) is 68.6 Å². The Labute approximate surface area is 554 Å². The van der Waals surface area contributed by atoms with E-state index in [1.807, 2.05) is 27.2 Å². The van der Waals surface area contributed by atoms with Crippen LogP contribution in [0.15, 0.2) is 48.6 Å². The van der Waals surface area contributed by atoms with Gasteiger partial charge in [-0.1, -0.05) is 359 Å². The molecule has 524 valence electrons. The topological polar surface area (TPSA) is 111 Å². The highest BCUT2D eigenvalue weighted by Gasteiger charge is 2.30. The predicted octanol–water partition coefficient (Wildman–Crippen LogP) is 25.1. The summed E-state index contributed by atoms with van der Waals surface area (Å²) < 4.78 is 30.9. The van der Waals surface area contributed by atoms with Crippen molar-refractivity contribution in [3.05, 3.63) is 48.6 Å². The van der Waals surface area contributed by atoms with Crippen LogP contribution in [0.3, 0.4) is 0 Å². The molecular weight excluding hydrogens is 1120 g/mol. The number of nitrogens with one attached hydrogen (secondary N) is 1. The second-order valence-electron chi connectivity index (χ2n) is 27.9. The summed E-state index contributed by atoms with van der Waals surface area (Å²) >= 11 is 0. The molecule has 0 spiro atoms. The van der Waals surface area contributed by atoms with Gasteiger partial charge in [0.1, 0.15) is 19.3 Å². The van der Waals surface area contributed by atoms with Crippen LogP contribution in [0.2, 0.25) is 0 Å². The molecule has 0 aromatic rings. The smallest absolute Gasteiger partial charge is 0.456 e. The maximum Gasteiger partial charge on any atom is 0.472 e. The van der Waals surface area contributed by atoms with Gasteiger partial charge in [-0.2, -0.15) is 0 Å². The van der Waals surface area contributed by atoms with Crippen LogP contribution in [0.25, 0.3) is 0 Å². The molecule has 0 aliphatic carbocycles. The van der Waals surface area contributed by atoms with Gasteiger partial charge < -0.3 is 19.4 Å². The summed E-state index contributed by atoms with van der Waals surface area (Å²) in [5, 5.41) is 3.09. The summed E-state index contributed by atoms with van der Waals surface area (Å²) in [6, 6.07) is -0.847. The third-order valence-electron chi connectivity index (χ3n) is 17.8. The number of carbonyl (C=O) groups is 2. The van der Waals surface area contributed by atoms with Crippen LogP contribution in [0.4, 0.5) is 0 Å². The number of carbonyl (C=O) groups excluding carboxylic acids is 2. The van der Waals surface area contributed by atoms with Crippen molar-refractivity contribution in [1.82, 2.24) is 5.32 Å². The van der Waals surface area contributed by atoms with Gasteiger partial charge in [0.2, 0.25) is 5.91 Å². The van der Waals surface area contributed by atoms with Crippen LogP contribution >= 0.6 is 7.82 Å². The second-order valence-corrected chi connectivity index (χ2v) is 29.3. The molecule has 0 radical (unpaired) electrons. The average Bonchev–Trinajstić information content (AvgIpc) is 3.63. The number of allylic oxidation sites excluding steroid dienone is 7. The van der Waals surface area contributed by atoms with E-state index in [1.165, 1.54) is 289 Å². The molecule has 3 unspecified atom stereocenters. The SMILES string of the molecule is CCCCC/C=C\C/C=C\C/C=C\CCCCCCCCCCCCCCCCC(=O)OC(/C=C/CCCCCCCCCCCCC)C(COP(=O)(O)OCC[N+](C)(C)C)NC(=O)CCCCCCCCCCCCCCCCCCCCCCCCC. The lowest BCUT2D eigenvalue weighted by Gasteiger charge is -2.27. The van der Waals surface area contributed by atoms with Crippen molar-refractivity contribution in [2.75, 3.05) is 40.9 Å². The number of hydrogen-bond donors (Lipinski definition) is 2. The number of ether oxygens (including phenoxy) is 1. The van der Waals surface area contributed by atoms with Gasteiger partial charge in [0.05, 0.1) is 33.8 Å². The molecule has 2 N–H and O–H groups in total. The Morgan fingerprint density at radius 3 is 1.04 bits per heavy atom. The standard InChI is InChI=1S/C79H151N2O7P/c1-7-10-13-16-19-22-25-28-30-32-34-36-38-39-40-41-43-45-47-49-51-54-57-60-63-66-69-72-79(83)88-77(70-67-64-61-58-55-52-27-24-21-18-15-12-9-3)76(75-87-89(84,85)86-74-73-81(4,5)6)80-78(82)71-68-65-62-59-56-53-50-48-46-44-42-37-35-33-31-29-26-23-20-17-14-11-8-2/h19,22,28,30,34,36,67,70,76-77H,7-18,20-21,23-27,29,31-33,35,37-66,68-69,71-75H2,1-6H3,(H-,80,82,84,85)/p+1/b22-19-,30-28-,36-34-,70-67+. The van der Waals surface area contributed by atoms with Gasteiger partial charge in [0, 0.05) is 12.8 Å². The van der Waals surface area contributed by atoms with Crippen LogP contribution in [-0.4, -0.2) is 74.3 Å². The summed E-state index contributed by atoms with van der Waals surface area (Å²) in [4.78, 5) is 38.0. The zero-order valence-electron chi connectivity index (χ0n) is 60.2. The molecule has 0 rings (SSSR count). The Morgan fingerprint density at radius 2 is 0.685 bits per heavy atom. The maximum atomic E-state index is 13.7. The zero-order valence-corrected chi connectivity index (χ0v) is 61.1. The van der Waals surface area contributed by atoms with Crippen LogP contribution in [0.5, 0.6) is 0 Å². The lowest BCUT2D eigenvalue weighted by molar-refractivity contribution is -0.870. The van der Waals surface area contributed by atoms with E-state index >= 15 is 0 Å². The number of esters is 1. The van der Waals surface area contributed by atoms with Crippen LogP contribution in [0, 0.1) is 0 Å². The van der Waals surface area contributed by atoms with Crippen molar-refractivity contribution >= 4 is 19.7 Å². The Balaban J connectivity index is 4.97. The molecule has 0 aromatic carbocycles. The molecule has 0 heterocycles. The summed E-state index contributed by atoms with van der Waals surface area (Å²) in [6.45, 7) is 7.06. The average molecular weight is 1270 g/mol. The number of hydrogen-bond acceptors (Lipinski definition) is 6. The zero-order chi connectivity index (χ0) is 64.9. The van der Waals surface area contributed by atoms with E-state index in [4.69, 9.17) is 13.8 Å². The first-order valence-corrected chi connectivity index (χ1v) is 40.5. The predicted molar refractivity (Wildman–Crippen MR) is 388 cm³/mol. The van der Waals surface area contributed by atoms with Gasteiger partial charge in [-0.05, 0) is 70.3 Å². The fraction of sp³-hybridized carbons (Fsp3) is 0.873. The highest BCUT2D eigenvalue weighted by molar-refractivity contribution is 7.47. The summed E-state index contributed by atoms with van der Waals surface area (Å²) in [5.74, 6) is -0.483. The fourth-order valence-electron chi connectivity index (χ4n) is 11.8.